The second kappa shape index (κ2) is 6.76. The van der Waals surface area contributed by atoms with E-state index in [0.29, 0.717) is 11.8 Å². The number of hydrogen-bond acceptors (Lipinski definition) is 2. The smallest absolute Gasteiger partial charge is 0.0738 e. The number of pyridine rings is 1. The number of aryl methyl sites for hydroxylation is 1. The number of hydrogen-bond donors (Lipinski definition) is 1. The molecule has 2 nitrogen and oxygen atoms in total. The summed E-state index contributed by atoms with van der Waals surface area (Å²) in [6.07, 6.45) is 0. The molecule has 3 heteroatoms. The van der Waals surface area contributed by atoms with E-state index < -0.39 is 0 Å². The summed E-state index contributed by atoms with van der Waals surface area (Å²) in [4.78, 5) is 4.83. The molecule has 2 aromatic rings. The molecule has 1 aromatic heterocycles. The molecule has 0 spiro atoms. The lowest BCUT2D eigenvalue weighted by atomic mass is 10.0. The molecule has 0 unspecified atom stereocenters. The average Bonchev–Trinajstić information content (AvgIpc) is 2.38. The Morgan fingerprint density at radius 3 is 2.48 bits per heavy atom. The Balaban J connectivity index is 2.49. The summed E-state index contributed by atoms with van der Waals surface area (Å²) in [5, 5.41) is 5.48. The van der Waals surface area contributed by atoms with Gasteiger partial charge in [-0.1, -0.05) is 39.3 Å². The number of nitrogens with one attached hydrogen (secondary N) is 1. The first-order chi connectivity index (χ1) is 9.88. The van der Waals surface area contributed by atoms with Crippen LogP contribution in [0.25, 0.3) is 10.9 Å². The van der Waals surface area contributed by atoms with Crippen molar-refractivity contribution in [3.63, 3.8) is 0 Å². The van der Waals surface area contributed by atoms with E-state index in [4.69, 9.17) is 16.6 Å². The van der Waals surface area contributed by atoms with E-state index in [1.807, 2.05) is 12.1 Å². The fourth-order valence-corrected chi connectivity index (χ4v) is 2.76. The number of halogens is 1. The number of rotatable bonds is 5. The van der Waals surface area contributed by atoms with E-state index in [9.17, 15) is 0 Å². The fourth-order valence-electron chi connectivity index (χ4n) is 2.48. The molecule has 21 heavy (non-hydrogen) atoms. The van der Waals surface area contributed by atoms with Crippen molar-refractivity contribution in [2.75, 3.05) is 6.54 Å². The van der Waals surface area contributed by atoms with Crippen LogP contribution in [0.4, 0.5) is 0 Å². The SMILES string of the molecule is Cc1cc(Cl)cc2c(CNCC(C)C)cc(C(C)C)nc12. The molecule has 0 aliphatic rings. The minimum atomic E-state index is 0.424. The second-order valence-electron chi connectivity index (χ2n) is 6.50. The number of aromatic nitrogens is 1. The normalized spacial score (nSPS) is 11.8. The minimum Gasteiger partial charge on any atom is -0.312 e. The summed E-state index contributed by atoms with van der Waals surface area (Å²) in [5.41, 5.74) is 4.65. The average molecular weight is 305 g/mol. The van der Waals surface area contributed by atoms with Gasteiger partial charge >= 0.3 is 0 Å². The molecule has 0 bridgehead atoms. The van der Waals surface area contributed by atoms with Gasteiger partial charge in [0.2, 0.25) is 0 Å². The fraction of sp³-hybridized carbons (Fsp3) is 0.500. The third-order valence-corrected chi connectivity index (χ3v) is 3.85. The van der Waals surface area contributed by atoms with Crippen LogP contribution in [0.15, 0.2) is 18.2 Å². The Bertz CT molecular complexity index is 633. The molecule has 0 aliphatic carbocycles. The van der Waals surface area contributed by atoms with E-state index in [-0.39, 0.29) is 0 Å². The predicted molar refractivity (Wildman–Crippen MR) is 92.1 cm³/mol. The standard InChI is InChI=1S/C18H25ClN2/c1-11(2)9-20-10-14-7-17(12(3)4)21-18-13(5)6-15(19)8-16(14)18/h6-8,11-12,20H,9-10H2,1-5H3. The Labute approximate surface area is 132 Å². The van der Waals surface area contributed by atoms with Crippen molar-refractivity contribution in [2.45, 2.75) is 47.1 Å². The molecule has 0 fully saturated rings. The van der Waals surface area contributed by atoms with Crippen LogP contribution in [0, 0.1) is 12.8 Å². The Morgan fingerprint density at radius 2 is 1.86 bits per heavy atom. The van der Waals surface area contributed by atoms with E-state index in [1.165, 1.54) is 10.9 Å². The van der Waals surface area contributed by atoms with E-state index in [1.54, 1.807) is 0 Å². The van der Waals surface area contributed by atoms with Crippen LogP contribution in [0.3, 0.4) is 0 Å². The van der Waals surface area contributed by atoms with E-state index in [2.05, 4.69) is 46.0 Å². The molecule has 1 N–H and O–H groups in total. The van der Waals surface area contributed by atoms with Crippen molar-refractivity contribution in [1.29, 1.82) is 0 Å². The number of benzene rings is 1. The maximum Gasteiger partial charge on any atom is 0.0738 e. The zero-order valence-electron chi connectivity index (χ0n) is 13.6. The van der Waals surface area contributed by atoms with Crippen LogP contribution >= 0.6 is 11.6 Å². The Morgan fingerprint density at radius 1 is 1.14 bits per heavy atom. The van der Waals surface area contributed by atoms with Crippen LogP contribution in [0.5, 0.6) is 0 Å². The summed E-state index contributed by atoms with van der Waals surface area (Å²) in [6.45, 7) is 12.8. The van der Waals surface area contributed by atoms with Gasteiger partial charge in [0.15, 0.2) is 0 Å². The Hall–Kier alpha value is -1.12. The lowest BCUT2D eigenvalue weighted by molar-refractivity contribution is 0.553. The molecule has 1 heterocycles. The summed E-state index contributed by atoms with van der Waals surface area (Å²) in [5.74, 6) is 1.07. The Kier molecular flexibility index (Phi) is 5.23. The minimum absolute atomic E-state index is 0.424. The summed E-state index contributed by atoms with van der Waals surface area (Å²) in [7, 11) is 0. The first-order valence-corrected chi connectivity index (χ1v) is 8.06. The second-order valence-corrected chi connectivity index (χ2v) is 6.94. The molecule has 0 amide bonds. The first kappa shape index (κ1) is 16.3. The highest BCUT2D eigenvalue weighted by molar-refractivity contribution is 6.31. The van der Waals surface area contributed by atoms with Crippen LogP contribution < -0.4 is 5.32 Å². The molecular formula is C18H25ClN2. The maximum absolute atomic E-state index is 6.23. The van der Waals surface area contributed by atoms with E-state index in [0.717, 1.165) is 34.9 Å². The molecule has 2 rings (SSSR count). The molecule has 1 aromatic carbocycles. The topological polar surface area (TPSA) is 24.9 Å². The van der Waals surface area contributed by atoms with Crippen LogP contribution in [0.2, 0.25) is 5.02 Å². The van der Waals surface area contributed by atoms with Gasteiger partial charge in [-0.3, -0.25) is 4.98 Å². The summed E-state index contributed by atoms with van der Waals surface area (Å²) >= 11 is 6.23. The number of nitrogens with zero attached hydrogens (tertiary/aromatic N) is 1. The first-order valence-electron chi connectivity index (χ1n) is 7.69. The zero-order chi connectivity index (χ0) is 15.6. The van der Waals surface area contributed by atoms with Gasteiger partial charge < -0.3 is 5.32 Å². The highest BCUT2D eigenvalue weighted by Crippen LogP contribution is 2.28. The molecule has 0 aliphatic heterocycles. The highest BCUT2D eigenvalue weighted by Gasteiger charge is 2.11. The zero-order valence-corrected chi connectivity index (χ0v) is 14.4. The lowest BCUT2D eigenvalue weighted by Gasteiger charge is -2.15. The van der Waals surface area contributed by atoms with Gasteiger partial charge in [0.05, 0.1) is 5.52 Å². The lowest BCUT2D eigenvalue weighted by Crippen LogP contribution is -2.19. The van der Waals surface area contributed by atoms with Crippen molar-refractivity contribution in [3.8, 4) is 0 Å². The molecule has 0 saturated heterocycles. The van der Waals surface area contributed by atoms with Gasteiger partial charge in [-0.15, -0.1) is 0 Å². The van der Waals surface area contributed by atoms with Crippen molar-refractivity contribution < 1.29 is 0 Å². The van der Waals surface area contributed by atoms with Gasteiger partial charge in [0.1, 0.15) is 0 Å². The third kappa shape index (κ3) is 3.96. The van der Waals surface area contributed by atoms with Crippen molar-refractivity contribution in [3.05, 3.63) is 40.0 Å². The molecule has 0 saturated carbocycles. The van der Waals surface area contributed by atoms with Crippen LogP contribution in [0.1, 0.15) is 50.4 Å². The predicted octanol–water partition coefficient (Wildman–Crippen LogP) is 5.07. The van der Waals surface area contributed by atoms with Crippen molar-refractivity contribution >= 4 is 22.5 Å². The van der Waals surface area contributed by atoms with Gasteiger partial charge in [-0.05, 0) is 54.6 Å². The third-order valence-electron chi connectivity index (χ3n) is 3.63. The van der Waals surface area contributed by atoms with Gasteiger partial charge in [-0.25, -0.2) is 0 Å². The van der Waals surface area contributed by atoms with E-state index >= 15 is 0 Å². The molecular weight excluding hydrogens is 280 g/mol. The highest BCUT2D eigenvalue weighted by atomic mass is 35.5. The van der Waals surface area contributed by atoms with Crippen LogP contribution in [-0.2, 0) is 6.54 Å². The largest absolute Gasteiger partial charge is 0.312 e. The summed E-state index contributed by atoms with van der Waals surface area (Å²) < 4.78 is 0. The molecule has 0 atom stereocenters. The van der Waals surface area contributed by atoms with Gasteiger partial charge in [0.25, 0.3) is 0 Å². The number of fused-ring (bicyclic) bond motifs is 1. The van der Waals surface area contributed by atoms with Crippen LogP contribution in [-0.4, -0.2) is 11.5 Å². The van der Waals surface area contributed by atoms with Gasteiger partial charge in [0, 0.05) is 22.6 Å². The maximum atomic E-state index is 6.23. The molecule has 0 radical (unpaired) electrons. The quantitative estimate of drug-likeness (QED) is 0.834. The summed E-state index contributed by atoms with van der Waals surface area (Å²) in [6, 6.07) is 6.25. The van der Waals surface area contributed by atoms with Crippen molar-refractivity contribution in [1.82, 2.24) is 10.3 Å². The van der Waals surface area contributed by atoms with Crippen molar-refractivity contribution in [2.24, 2.45) is 5.92 Å². The molecule has 114 valence electrons. The van der Waals surface area contributed by atoms with Gasteiger partial charge in [-0.2, -0.15) is 0 Å². The monoisotopic (exact) mass is 304 g/mol.